The van der Waals surface area contributed by atoms with Crippen LogP contribution < -0.4 is 10.5 Å². The normalized spacial score (nSPS) is 9.83. The molecule has 0 radical (unpaired) electrons. The molecule has 0 amide bonds. The highest BCUT2D eigenvalue weighted by Crippen LogP contribution is 2.28. The number of nitriles is 1. The summed E-state index contributed by atoms with van der Waals surface area (Å²) >= 11 is 0. The Labute approximate surface area is 101 Å². The summed E-state index contributed by atoms with van der Waals surface area (Å²) in [6.07, 6.45) is 0.832. The fourth-order valence-electron chi connectivity index (χ4n) is 1.29. The number of anilines is 1. The van der Waals surface area contributed by atoms with Crippen LogP contribution >= 0.6 is 0 Å². The van der Waals surface area contributed by atoms with Crippen LogP contribution in [0.15, 0.2) is 30.5 Å². The van der Waals surface area contributed by atoms with Crippen molar-refractivity contribution in [2.75, 3.05) is 5.73 Å². The maximum absolute atomic E-state index is 13.3. The lowest BCUT2D eigenvalue weighted by Crippen LogP contribution is -1.97. The average molecular weight is 247 g/mol. The molecule has 0 saturated heterocycles. The van der Waals surface area contributed by atoms with Crippen LogP contribution in [-0.4, -0.2) is 4.98 Å². The van der Waals surface area contributed by atoms with Gasteiger partial charge in [0.05, 0.1) is 23.5 Å². The molecule has 0 fully saturated rings. The second-order valence-corrected chi connectivity index (χ2v) is 3.41. The Morgan fingerprint density at radius 1 is 1.28 bits per heavy atom. The number of hydrogen-bond acceptors (Lipinski definition) is 4. The van der Waals surface area contributed by atoms with Gasteiger partial charge in [0, 0.05) is 6.07 Å². The third-order valence-corrected chi connectivity index (χ3v) is 2.12. The van der Waals surface area contributed by atoms with Crippen molar-refractivity contribution in [3.63, 3.8) is 0 Å². The summed E-state index contributed by atoms with van der Waals surface area (Å²) in [5, 5.41) is 8.66. The summed E-state index contributed by atoms with van der Waals surface area (Å²) in [5.41, 5.74) is 6.14. The van der Waals surface area contributed by atoms with Gasteiger partial charge in [-0.2, -0.15) is 5.26 Å². The van der Waals surface area contributed by atoms with Crippen molar-refractivity contribution in [3.8, 4) is 17.7 Å². The first-order chi connectivity index (χ1) is 8.60. The predicted molar refractivity (Wildman–Crippen MR) is 59.8 cm³/mol. The van der Waals surface area contributed by atoms with E-state index in [0.717, 1.165) is 6.20 Å². The fourth-order valence-corrected chi connectivity index (χ4v) is 1.29. The molecule has 0 atom stereocenters. The Balaban J connectivity index is 2.32. The molecule has 0 aliphatic carbocycles. The molecule has 0 spiro atoms. The third-order valence-electron chi connectivity index (χ3n) is 2.12. The molecule has 2 N–H and O–H groups in total. The Bertz CT molecular complexity index is 638. The molecule has 1 aromatic heterocycles. The van der Waals surface area contributed by atoms with Crippen LogP contribution in [0.2, 0.25) is 0 Å². The average Bonchev–Trinajstić information content (AvgIpc) is 2.34. The van der Waals surface area contributed by atoms with Crippen molar-refractivity contribution in [1.29, 1.82) is 5.26 Å². The molecular weight excluding hydrogens is 240 g/mol. The van der Waals surface area contributed by atoms with Gasteiger partial charge in [-0.1, -0.05) is 0 Å². The van der Waals surface area contributed by atoms with Gasteiger partial charge in [0.2, 0.25) is 0 Å². The van der Waals surface area contributed by atoms with Crippen LogP contribution in [0.4, 0.5) is 14.5 Å². The van der Waals surface area contributed by atoms with Crippen molar-refractivity contribution < 1.29 is 13.5 Å². The molecule has 0 unspecified atom stereocenters. The first-order valence-electron chi connectivity index (χ1n) is 4.88. The summed E-state index contributed by atoms with van der Waals surface area (Å²) in [7, 11) is 0. The van der Waals surface area contributed by atoms with Crippen molar-refractivity contribution >= 4 is 5.69 Å². The van der Waals surface area contributed by atoms with Crippen molar-refractivity contribution in [2.24, 2.45) is 0 Å². The molecule has 0 saturated carbocycles. The zero-order chi connectivity index (χ0) is 13.1. The van der Waals surface area contributed by atoms with E-state index in [1.165, 1.54) is 18.2 Å². The molecule has 2 rings (SSSR count). The number of benzene rings is 1. The molecule has 4 nitrogen and oxygen atoms in total. The van der Waals surface area contributed by atoms with Crippen molar-refractivity contribution in [3.05, 3.63) is 47.7 Å². The van der Waals surface area contributed by atoms with Crippen LogP contribution in [0.25, 0.3) is 0 Å². The lowest BCUT2D eigenvalue weighted by atomic mass is 10.2. The topological polar surface area (TPSA) is 71.9 Å². The number of nitrogens with zero attached hydrogens (tertiary/aromatic N) is 2. The van der Waals surface area contributed by atoms with Crippen LogP contribution in [-0.2, 0) is 0 Å². The number of halogens is 2. The largest absolute Gasteiger partial charge is 0.434 e. The third kappa shape index (κ3) is 2.35. The number of hydrogen-bond donors (Lipinski definition) is 1. The first kappa shape index (κ1) is 11.8. The molecule has 0 aliphatic rings. The number of pyridine rings is 1. The van der Waals surface area contributed by atoms with E-state index in [1.807, 2.05) is 6.07 Å². The highest BCUT2D eigenvalue weighted by Gasteiger charge is 2.10. The monoisotopic (exact) mass is 247 g/mol. The molecule has 2 aromatic rings. The van der Waals surface area contributed by atoms with E-state index in [-0.39, 0.29) is 17.3 Å². The maximum Gasteiger partial charge on any atom is 0.256 e. The van der Waals surface area contributed by atoms with Gasteiger partial charge in [0.25, 0.3) is 5.88 Å². The summed E-state index contributed by atoms with van der Waals surface area (Å²) < 4.78 is 31.0. The highest BCUT2D eigenvalue weighted by atomic mass is 19.1. The summed E-state index contributed by atoms with van der Waals surface area (Å²) in [5.74, 6) is -1.97. The quantitative estimate of drug-likeness (QED) is 0.828. The number of ether oxygens (including phenoxy) is 1. The minimum absolute atomic E-state index is 0.145. The molecule has 1 aromatic carbocycles. The Hall–Kier alpha value is -2.68. The number of rotatable bonds is 2. The molecule has 18 heavy (non-hydrogen) atoms. The molecule has 6 heteroatoms. The zero-order valence-corrected chi connectivity index (χ0v) is 9.02. The number of nitrogens with two attached hydrogens (primary N) is 1. The Morgan fingerprint density at radius 2 is 2.06 bits per heavy atom. The van der Waals surface area contributed by atoms with E-state index in [2.05, 4.69) is 4.98 Å². The van der Waals surface area contributed by atoms with E-state index in [4.69, 9.17) is 15.7 Å². The van der Waals surface area contributed by atoms with E-state index in [1.54, 1.807) is 0 Å². The van der Waals surface area contributed by atoms with E-state index in [9.17, 15) is 8.78 Å². The van der Waals surface area contributed by atoms with Gasteiger partial charge in [0.15, 0.2) is 11.6 Å². The minimum atomic E-state index is -0.932. The van der Waals surface area contributed by atoms with Crippen LogP contribution in [0.1, 0.15) is 5.56 Å². The summed E-state index contributed by atoms with van der Waals surface area (Å²) in [4.78, 5) is 3.46. The van der Waals surface area contributed by atoms with Gasteiger partial charge in [-0.25, -0.2) is 13.8 Å². The second-order valence-electron chi connectivity index (χ2n) is 3.41. The number of nitrogen functional groups attached to an aromatic ring is 1. The van der Waals surface area contributed by atoms with Gasteiger partial charge in [-0.05, 0) is 18.2 Å². The van der Waals surface area contributed by atoms with Crippen LogP contribution in [0.5, 0.6) is 11.6 Å². The molecule has 0 aliphatic heterocycles. The molecular formula is C12H7F2N3O. The van der Waals surface area contributed by atoms with Gasteiger partial charge in [-0.3, -0.25) is 0 Å². The SMILES string of the molecule is N#Cc1ccc(Oc2ncc(F)cc2F)c(N)c1. The molecule has 0 bridgehead atoms. The smallest absolute Gasteiger partial charge is 0.256 e. The Morgan fingerprint density at radius 3 is 2.67 bits per heavy atom. The van der Waals surface area contributed by atoms with Crippen molar-refractivity contribution in [2.45, 2.75) is 0 Å². The van der Waals surface area contributed by atoms with Gasteiger partial charge < -0.3 is 10.5 Å². The fraction of sp³-hybridized carbons (Fsp3) is 0. The summed E-state index contributed by atoms with van der Waals surface area (Å²) in [6.45, 7) is 0. The predicted octanol–water partition coefficient (Wildman–Crippen LogP) is 2.61. The standard InChI is InChI=1S/C12H7F2N3O/c13-8-4-9(14)12(17-6-8)18-11-2-1-7(5-15)3-10(11)16/h1-4,6H,16H2. The first-order valence-corrected chi connectivity index (χ1v) is 4.88. The summed E-state index contributed by atoms with van der Waals surface area (Å²) in [6, 6.07) is 6.82. The van der Waals surface area contributed by atoms with Crippen LogP contribution in [0, 0.1) is 23.0 Å². The van der Waals surface area contributed by atoms with Gasteiger partial charge >= 0.3 is 0 Å². The number of aromatic nitrogens is 1. The van der Waals surface area contributed by atoms with E-state index in [0.29, 0.717) is 11.6 Å². The molecule has 90 valence electrons. The zero-order valence-electron chi connectivity index (χ0n) is 9.02. The van der Waals surface area contributed by atoms with Crippen LogP contribution in [0.3, 0.4) is 0 Å². The minimum Gasteiger partial charge on any atom is -0.434 e. The van der Waals surface area contributed by atoms with Gasteiger partial charge in [0.1, 0.15) is 5.82 Å². The maximum atomic E-state index is 13.3. The Kier molecular flexibility index (Phi) is 3.06. The van der Waals surface area contributed by atoms with Gasteiger partial charge in [-0.15, -0.1) is 0 Å². The van der Waals surface area contributed by atoms with E-state index >= 15 is 0 Å². The molecule has 1 heterocycles. The van der Waals surface area contributed by atoms with Crippen molar-refractivity contribution in [1.82, 2.24) is 4.98 Å². The lowest BCUT2D eigenvalue weighted by Gasteiger charge is -2.08. The second kappa shape index (κ2) is 4.67. The lowest BCUT2D eigenvalue weighted by molar-refractivity contribution is 0.418. The van der Waals surface area contributed by atoms with E-state index < -0.39 is 11.6 Å². The highest BCUT2D eigenvalue weighted by molar-refractivity contribution is 5.57.